The zero-order chi connectivity index (χ0) is 15.0. The highest BCUT2D eigenvalue weighted by atomic mass is 35.5. The van der Waals surface area contributed by atoms with Crippen LogP contribution in [0.3, 0.4) is 0 Å². The summed E-state index contributed by atoms with van der Waals surface area (Å²) in [4.78, 5) is 0. The van der Waals surface area contributed by atoms with E-state index in [1.807, 2.05) is 0 Å². The number of sulfone groups is 1. The number of hydrogen-bond donors (Lipinski definition) is 1. The highest BCUT2D eigenvalue weighted by Crippen LogP contribution is 2.29. The summed E-state index contributed by atoms with van der Waals surface area (Å²) in [6.45, 7) is 0. The Morgan fingerprint density at radius 1 is 1.38 bits per heavy atom. The van der Waals surface area contributed by atoms with Gasteiger partial charge in [-0.15, -0.1) is 5.10 Å². The smallest absolute Gasteiger partial charge is 0.182 e. The van der Waals surface area contributed by atoms with E-state index in [1.165, 1.54) is 0 Å². The normalized spacial score (nSPS) is 21.3. The van der Waals surface area contributed by atoms with Gasteiger partial charge in [-0.25, -0.2) is 13.1 Å². The molecule has 1 aromatic carbocycles. The van der Waals surface area contributed by atoms with Crippen LogP contribution in [0.2, 0.25) is 5.02 Å². The first-order valence-corrected chi connectivity index (χ1v) is 8.70. The molecule has 1 fully saturated rings. The third kappa shape index (κ3) is 2.86. The van der Waals surface area contributed by atoms with Crippen LogP contribution in [0.25, 0.3) is 11.4 Å². The maximum atomic E-state index is 11.8. The quantitative estimate of drug-likeness (QED) is 0.834. The molecule has 0 radical (unpaired) electrons. The van der Waals surface area contributed by atoms with E-state index < -0.39 is 9.84 Å². The molecule has 0 aliphatic carbocycles. The number of rotatable bonds is 2. The molecule has 0 saturated carbocycles. The first-order chi connectivity index (χ1) is 9.96. The molecule has 1 saturated heterocycles. The van der Waals surface area contributed by atoms with Crippen molar-refractivity contribution in [2.45, 2.75) is 18.9 Å². The SMILES string of the molecule is Nc1ccc(-c2nnnn2C2CCCS(=O)(=O)C2)cc1Cl. The average Bonchev–Trinajstić information content (AvgIpc) is 2.90. The Morgan fingerprint density at radius 3 is 2.90 bits per heavy atom. The lowest BCUT2D eigenvalue weighted by molar-refractivity contribution is 0.429. The Labute approximate surface area is 127 Å². The van der Waals surface area contributed by atoms with Crippen molar-refractivity contribution in [1.82, 2.24) is 20.2 Å². The second-order valence-electron chi connectivity index (χ2n) is 5.09. The average molecular weight is 328 g/mol. The Morgan fingerprint density at radius 2 is 2.19 bits per heavy atom. The van der Waals surface area contributed by atoms with Crippen LogP contribution < -0.4 is 5.73 Å². The van der Waals surface area contributed by atoms with Crippen molar-refractivity contribution in [1.29, 1.82) is 0 Å². The molecule has 2 heterocycles. The van der Waals surface area contributed by atoms with Gasteiger partial charge in [-0.3, -0.25) is 0 Å². The van der Waals surface area contributed by atoms with Gasteiger partial charge in [0.2, 0.25) is 0 Å². The molecule has 0 spiro atoms. The van der Waals surface area contributed by atoms with E-state index >= 15 is 0 Å². The summed E-state index contributed by atoms with van der Waals surface area (Å²) in [5, 5.41) is 12.0. The lowest BCUT2D eigenvalue weighted by Gasteiger charge is -2.22. The highest BCUT2D eigenvalue weighted by molar-refractivity contribution is 7.91. The van der Waals surface area contributed by atoms with E-state index in [4.69, 9.17) is 17.3 Å². The van der Waals surface area contributed by atoms with Crippen molar-refractivity contribution in [3.05, 3.63) is 23.2 Å². The number of nitrogen functional groups attached to an aromatic ring is 1. The van der Waals surface area contributed by atoms with Gasteiger partial charge in [0.05, 0.1) is 28.3 Å². The molecule has 1 atom stereocenters. The van der Waals surface area contributed by atoms with Gasteiger partial charge in [0.1, 0.15) is 0 Å². The zero-order valence-electron chi connectivity index (χ0n) is 11.1. The van der Waals surface area contributed by atoms with Crippen LogP contribution in [-0.4, -0.2) is 40.1 Å². The van der Waals surface area contributed by atoms with Crippen LogP contribution in [-0.2, 0) is 9.84 Å². The van der Waals surface area contributed by atoms with Crippen molar-refractivity contribution >= 4 is 27.1 Å². The number of benzene rings is 1. The van der Waals surface area contributed by atoms with Gasteiger partial charge in [0.15, 0.2) is 15.7 Å². The molecule has 3 rings (SSSR count). The summed E-state index contributed by atoms with van der Waals surface area (Å²) >= 11 is 6.02. The molecular formula is C12H14ClN5O2S. The van der Waals surface area contributed by atoms with E-state index in [2.05, 4.69) is 15.5 Å². The molecule has 1 aromatic heterocycles. The van der Waals surface area contributed by atoms with Gasteiger partial charge in [-0.05, 0) is 41.5 Å². The van der Waals surface area contributed by atoms with E-state index in [-0.39, 0.29) is 17.5 Å². The van der Waals surface area contributed by atoms with E-state index in [1.54, 1.807) is 22.9 Å². The molecule has 1 unspecified atom stereocenters. The predicted molar refractivity (Wildman–Crippen MR) is 79.6 cm³/mol. The maximum absolute atomic E-state index is 11.8. The molecule has 2 aromatic rings. The topological polar surface area (TPSA) is 104 Å². The first-order valence-electron chi connectivity index (χ1n) is 6.50. The molecule has 21 heavy (non-hydrogen) atoms. The Hall–Kier alpha value is -1.67. The maximum Gasteiger partial charge on any atom is 0.182 e. The minimum Gasteiger partial charge on any atom is -0.398 e. The number of tetrazole rings is 1. The van der Waals surface area contributed by atoms with Gasteiger partial charge in [-0.2, -0.15) is 0 Å². The monoisotopic (exact) mass is 327 g/mol. The molecule has 9 heteroatoms. The van der Waals surface area contributed by atoms with Crippen LogP contribution in [0.15, 0.2) is 18.2 Å². The summed E-state index contributed by atoms with van der Waals surface area (Å²) in [6, 6.07) is 4.87. The summed E-state index contributed by atoms with van der Waals surface area (Å²) in [6.07, 6.45) is 1.36. The molecule has 7 nitrogen and oxygen atoms in total. The fourth-order valence-electron chi connectivity index (χ4n) is 2.49. The largest absolute Gasteiger partial charge is 0.398 e. The summed E-state index contributed by atoms with van der Waals surface area (Å²) in [7, 11) is -3.03. The Balaban J connectivity index is 1.99. The highest BCUT2D eigenvalue weighted by Gasteiger charge is 2.29. The lowest BCUT2D eigenvalue weighted by atomic mass is 10.1. The minimum absolute atomic E-state index is 0.0632. The summed E-state index contributed by atoms with van der Waals surface area (Å²) < 4.78 is 25.1. The van der Waals surface area contributed by atoms with Crippen molar-refractivity contribution in [3.63, 3.8) is 0 Å². The van der Waals surface area contributed by atoms with Crippen LogP contribution in [0.5, 0.6) is 0 Å². The number of halogens is 1. The van der Waals surface area contributed by atoms with Crippen molar-refractivity contribution in [3.8, 4) is 11.4 Å². The minimum atomic E-state index is -3.03. The third-order valence-electron chi connectivity index (χ3n) is 3.54. The summed E-state index contributed by atoms with van der Waals surface area (Å²) in [5.74, 6) is 0.793. The predicted octanol–water partition coefficient (Wildman–Crippen LogP) is 1.33. The van der Waals surface area contributed by atoms with Gasteiger partial charge < -0.3 is 5.73 Å². The number of aromatic nitrogens is 4. The second kappa shape index (κ2) is 5.27. The molecule has 2 N–H and O–H groups in total. The number of nitrogens with zero attached hydrogens (tertiary/aromatic N) is 4. The first kappa shape index (κ1) is 14.3. The van der Waals surface area contributed by atoms with Crippen molar-refractivity contribution in [2.75, 3.05) is 17.2 Å². The molecule has 0 bridgehead atoms. The second-order valence-corrected chi connectivity index (χ2v) is 7.73. The van der Waals surface area contributed by atoms with Gasteiger partial charge in [-0.1, -0.05) is 11.6 Å². The number of anilines is 1. The van der Waals surface area contributed by atoms with Crippen LogP contribution in [0, 0.1) is 0 Å². The Kier molecular flexibility index (Phi) is 3.58. The van der Waals surface area contributed by atoms with Crippen LogP contribution in [0.1, 0.15) is 18.9 Å². The molecular weight excluding hydrogens is 314 g/mol. The molecule has 1 aliphatic rings. The van der Waals surface area contributed by atoms with Gasteiger partial charge in [0, 0.05) is 5.56 Å². The van der Waals surface area contributed by atoms with Gasteiger partial charge >= 0.3 is 0 Å². The summed E-state index contributed by atoms with van der Waals surface area (Å²) in [5.41, 5.74) is 6.87. The van der Waals surface area contributed by atoms with E-state index in [9.17, 15) is 8.42 Å². The molecule has 0 amide bonds. The Bertz CT molecular complexity index is 774. The standard InChI is InChI=1S/C12H14ClN5O2S/c13-10-6-8(3-4-11(10)14)12-15-16-17-18(12)9-2-1-5-21(19,20)7-9/h3-4,6,9H,1-2,5,7,14H2. The van der Waals surface area contributed by atoms with E-state index in [0.717, 1.165) is 6.42 Å². The van der Waals surface area contributed by atoms with Crippen LogP contribution in [0.4, 0.5) is 5.69 Å². The molecule has 112 valence electrons. The fraction of sp³-hybridized carbons (Fsp3) is 0.417. The van der Waals surface area contributed by atoms with Crippen LogP contribution >= 0.6 is 11.6 Å². The van der Waals surface area contributed by atoms with Crippen molar-refractivity contribution < 1.29 is 8.42 Å². The van der Waals surface area contributed by atoms with E-state index in [0.29, 0.717) is 28.5 Å². The molecule has 1 aliphatic heterocycles. The fourth-order valence-corrected chi connectivity index (χ4v) is 4.34. The third-order valence-corrected chi connectivity index (χ3v) is 5.67. The lowest BCUT2D eigenvalue weighted by Crippen LogP contribution is -2.28. The van der Waals surface area contributed by atoms with Gasteiger partial charge in [0.25, 0.3) is 0 Å². The van der Waals surface area contributed by atoms with Crippen molar-refractivity contribution in [2.24, 2.45) is 0 Å². The zero-order valence-corrected chi connectivity index (χ0v) is 12.7. The number of nitrogens with two attached hydrogens (primary N) is 1. The number of hydrogen-bond acceptors (Lipinski definition) is 6.